The zero-order chi connectivity index (χ0) is 10.6. The van der Waals surface area contributed by atoms with Gasteiger partial charge in [0, 0.05) is 14.2 Å². The number of hydrogen-bond acceptors (Lipinski definition) is 2. The Kier molecular flexibility index (Phi) is 4.11. The van der Waals surface area contributed by atoms with E-state index in [1.807, 2.05) is 19.9 Å². The number of hydrogen-bond donors (Lipinski definition) is 0. The van der Waals surface area contributed by atoms with Crippen LogP contribution in [0.5, 0.6) is 0 Å². The van der Waals surface area contributed by atoms with Crippen LogP contribution < -0.4 is 0 Å². The highest BCUT2D eigenvalue weighted by molar-refractivity contribution is 5.26. The maximum Gasteiger partial charge on any atom is 0.0793 e. The lowest BCUT2D eigenvalue weighted by atomic mass is 10.0. The van der Waals surface area contributed by atoms with Crippen molar-refractivity contribution in [2.45, 2.75) is 26.1 Å². The smallest absolute Gasteiger partial charge is 0.0793 e. The largest absolute Gasteiger partial charge is 0.377 e. The second-order valence-corrected chi connectivity index (χ2v) is 3.43. The summed E-state index contributed by atoms with van der Waals surface area (Å²) in [5.74, 6) is 0. The maximum atomic E-state index is 5.26. The van der Waals surface area contributed by atoms with E-state index in [1.54, 1.807) is 14.2 Å². The van der Waals surface area contributed by atoms with Crippen molar-refractivity contribution in [3.63, 3.8) is 0 Å². The Bertz CT molecular complexity index is 258. The summed E-state index contributed by atoms with van der Waals surface area (Å²) >= 11 is 0. The third-order valence-electron chi connectivity index (χ3n) is 2.56. The molecule has 2 atom stereocenters. The molecule has 0 aromatic heterocycles. The van der Waals surface area contributed by atoms with Gasteiger partial charge in [0.15, 0.2) is 0 Å². The van der Waals surface area contributed by atoms with Gasteiger partial charge in [0.2, 0.25) is 0 Å². The summed E-state index contributed by atoms with van der Waals surface area (Å²) in [6, 6.07) is 8.30. The lowest BCUT2D eigenvalue weighted by Gasteiger charge is -2.14. The van der Waals surface area contributed by atoms with E-state index in [9.17, 15) is 0 Å². The molecule has 0 aliphatic heterocycles. The number of ether oxygens (including phenoxy) is 2. The molecule has 14 heavy (non-hydrogen) atoms. The third-order valence-corrected chi connectivity index (χ3v) is 2.56. The van der Waals surface area contributed by atoms with Gasteiger partial charge in [0.05, 0.1) is 12.2 Å². The van der Waals surface area contributed by atoms with Crippen LogP contribution in [0, 0.1) is 0 Å². The summed E-state index contributed by atoms with van der Waals surface area (Å²) in [5.41, 5.74) is 2.38. The third kappa shape index (κ3) is 2.56. The Labute approximate surface area is 85.8 Å². The van der Waals surface area contributed by atoms with Crippen LogP contribution in [0.1, 0.15) is 37.2 Å². The normalized spacial score (nSPS) is 15.1. The quantitative estimate of drug-likeness (QED) is 0.733. The highest BCUT2D eigenvalue weighted by Gasteiger charge is 2.07. The van der Waals surface area contributed by atoms with Gasteiger partial charge in [-0.25, -0.2) is 0 Å². The average molecular weight is 194 g/mol. The molecule has 0 aliphatic carbocycles. The van der Waals surface area contributed by atoms with Crippen LogP contribution in [-0.4, -0.2) is 14.2 Å². The average Bonchev–Trinajstić information content (AvgIpc) is 2.27. The Morgan fingerprint density at radius 2 is 1.36 bits per heavy atom. The van der Waals surface area contributed by atoms with Gasteiger partial charge in [-0.1, -0.05) is 24.3 Å². The Balaban J connectivity index is 2.89. The first kappa shape index (κ1) is 11.2. The van der Waals surface area contributed by atoms with E-state index in [1.165, 1.54) is 11.1 Å². The number of methoxy groups -OCH3 is 2. The molecule has 1 aromatic rings. The van der Waals surface area contributed by atoms with Gasteiger partial charge in [0.1, 0.15) is 0 Å². The highest BCUT2D eigenvalue weighted by atomic mass is 16.5. The predicted molar refractivity (Wildman–Crippen MR) is 57.3 cm³/mol. The fraction of sp³-hybridized carbons (Fsp3) is 0.500. The van der Waals surface area contributed by atoms with E-state index in [2.05, 4.69) is 18.2 Å². The van der Waals surface area contributed by atoms with Gasteiger partial charge >= 0.3 is 0 Å². The zero-order valence-corrected chi connectivity index (χ0v) is 9.28. The molecule has 0 amide bonds. The first-order valence-corrected chi connectivity index (χ1v) is 4.84. The molecule has 1 rings (SSSR count). The number of benzene rings is 1. The molecule has 0 saturated carbocycles. The van der Waals surface area contributed by atoms with Gasteiger partial charge < -0.3 is 9.47 Å². The van der Waals surface area contributed by atoms with Gasteiger partial charge in [-0.3, -0.25) is 0 Å². The summed E-state index contributed by atoms with van der Waals surface area (Å²) in [6.07, 6.45) is 0.276. The van der Waals surface area contributed by atoms with E-state index in [0.29, 0.717) is 0 Å². The van der Waals surface area contributed by atoms with Crippen molar-refractivity contribution in [3.05, 3.63) is 35.4 Å². The second-order valence-electron chi connectivity index (χ2n) is 3.43. The van der Waals surface area contributed by atoms with E-state index in [4.69, 9.17) is 9.47 Å². The fourth-order valence-corrected chi connectivity index (χ4v) is 1.34. The monoisotopic (exact) mass is 194 g/mol. The molecule has 0 heterocycles. The second kappa shape index (κ2) is 5.13. The van der Waals surface area contributed by atoms with Gasteiger partial charge in [-0.05, 0) is 25.0 Å². The van der Waals surface area contributed by atoms with Gasteiger partial charge in [-0.2, -0.15) is 0 Å². The summed E-state index contributed by atoms with van der Waals surface area (Å²) in [5, 5.41) is 0. The maximum absolute atomic E-state index is 5.26. The molecule has 0 radical (unpaired) electrons. The van der Waals surface area contributed by atoms with Crippen LogP contribution in [0.2, 0.25) is 0 Å². The molecule has 2 nitrogen and oxygen atoms in total. The molecule has 0 bridgehead atoms. The Hall–Kier alpha value is -0.860. The SMILES string of the molecule is CO[C@H](C)c1cccc([C@@H](C)OC)c1. The van der Waals surface area contributed by atoms with Crippen LogP contribution in [0.4, 0.5) is 0 Å². The summed E-state index contributed by atoms with van der Waals surface area (Å²) in [6.45, 7) is 4.08. The Morgan fingerprint density at radius 3 is 1.71 bits per heavy atom. The molecule has 0 fully saturated rings. The Morgan fingerprint density at radius 1 is 0.929 bits per heavy atom. The molecule has 1 aromatic carbocycles. The molecule has 0 aliphatic rings. The standard InChI is InChI=1S/C12H18O2/c1-9(13-3)11-6-5-7-12(8-11)10(2)14-4/h5-10H,1-4H3/t9-,10-/m1/s1. The van der Waals surface area contributed by atoms with Gasteiger partial charge in [-0.15, -0.1) is 0 Å². The first-order chi connectivity index (χ1) is 6.69. The van der Waals surface area contributed by atoms with Gasteiger partial charge in [0.25, 0.3) is 0 Å². The molecule has 0 N–H and O–H groups in total. The van der Waals surface area contributed by atoms with Crippen molar-refractivity contribution in [2.24, 2.45) is 0 Å². The van der Waals surface area contributed by atoms with Crippen molar-refractivity contribution in [3.8, 4) is 0 Å². The van der Waals surface area contributed by atoms with E-state index in [0.717, 1.165) is 0 Å². The van der Waals surface area contributed by atoms with E-state index in [-0.39, 0.29) is 12.2 Å². The zero-order valence-electron chi connectivity index (χ0n) is 9.28. The minimum atomic E-state index is 0.138. The van der Waals surface area contributed by atoms with Crippen LogP contribution in [0.3, 0.4) is 0 Å². The lowest BCUT2D eigenvalue weighted by molar-refractivity contribution is 0.114. The first-order valence-electron chi connectivity index (χ1n) is 4.84. The van der Waals surface area contributed by atoms with E-state index >= 15 is 0 Å². The molecule has 2 heteroatoms. The van der Waals surface area contributed by atoms with Crippen LogP contribution in [0.25, 0.3) is 0 Å². The molecule has 0 unspecified atom stereocenters. The molecular weight excluding hydrogens is 176 g/mol. The van der Waals surface area contributed by atoms with Crippen molar-refractivity contribution >= 4 is 0 Å². The lowest BCUT2D eigenvalue weighted by Crippen LogP contribution is -2.00. The molecular formula is C12H18O2. The predicted octanol–water partition coefficient (Wildman–Crippen LogP) is 3.10. The number of rotatable bonds is 4. The van der Waals surface area contributed by atoms with Crippen LogP contribution >= 0.6 is 0 Å². The van der Waals surface area contributed by atoms with E-state index < -0.39 is 0 Å². The molecule has 0 spiro atoms. The molecule has 0 saturated heterocycles. The topological polar surface area (TPSA) is 18.5 Å². The van der Waals surface area contributed by atoms with Crippen molar-refractivity contribution in [1.29, 1.82) is 0 Å². The van der Waals surface area contributed by atoms with Crippen molar-refractivity contribution in [1.82, 2.24) is 0 Å². The summed E-state index contributed by atoms with van der Waals surface area (Å²) in [4.78, 5) is 0. The van der Waals surface area contributed by atoms with Crippen LogP contribution in [0.15, 0.2) is 24.3 Å². The summed E-state index contributed by atoms with van der Waals surface area (Å²) < 4.78 is 10.5. The van der Waals surface area contributed by atoms with Crippen molar-refractivity contribution in [2.75, 3.05) is 14.2 Å². The highest BCUT2D eigenvalue weighted by Crippen LogP contribution is 2.21. The summed E-state index contributed by atoms with van der Waals surface area (Å²) in [7, 11) is 3.44. The molecule has 78 valence electrons. The van der Waals surface area contributed by atoms with Crippen molar-refractivity contribution < 1.29 is 9.47 Å². The minimum Gasteiger partial charge on any atom is -0.377 e. The minimum absolute atomic E-state index is 0.138. The fourth-order valence-electron chi connectivity index (χ4n) is 1.34. The van der Waals surface area contributed by atoms with Crippen LogP contribution in [-0.2, 0) is 9.47 Å².